The van der Waals surface area contributed by atoms with Crippen molar-refractivity contribution in [2.75, 3.05) is 13.1 Å². The third kappa shape index (κ3) is 2.53. The zero-order chi connectivity index (χ0) is 11.4. The van der Waals surface area contributed by atoms with E-state index in [-0.39, 0.29) is 5.78 Å². The number of hydrogen-bond donors (Lipinski definition) is 0. The van der Waals surface area contributed by atoms with Gasteiger partial charge in [-0.15, -0.1) is 0 Å². The second-order valence-electron chi connectivity index (χ2n) is 4.40. The van der Waals surface area contributed by atoms with E-state index in [1.807, 2.05) is 0 Å². The summed E-state index contributed by atoms with van der Waals surface area (Å²) in [7, 11) is 0. The van der Waals surface area contributed by atoms with Gasteiger partial charge in [0, 0.05) is 6.04 Å². The minimum atomic E-state index is 0.0961. The number of carbonyl (C=O) groups excluding carboxylic acids is 1. The van der Waals surface area contributed by atoms with E-state index in [2.05, 4.69) is 11.8 Å². The van der Waals surface area contributed by atoms with E-state index >= 15 is 0 Å². The number of rotatable bonds is 5. The van der Waals surface area contributed by atoms with Gasteiger partial charge in [-0.3, -0.25) is 9.69 Å². The number of Topliss-reactive ketones (excluding diaryl/α,β-unsaturated/α-hetero) is 1. The summed E-state index contributed by atoms with van der Waals surface area (Å²) in [4.78, 5) is 14.2. The molecule has 0 amide bonds. The van der Waals surface area contributed by atoms with E-state index in [0.717, 1.165) is 6.54 Å². The Balaban J connectivity index is 1.93. The van der Waals surface area contributed by atoms with Crippen LogP contribution in [-0.2, 0) is 0 Å². The number of furan rings is 1. The van der Waals surface area contributed by atoms with Crippen LogP contribution in [0.1, 0.15) is 43.2 Å². The molecular formula is C13H19NO2. The van der Waals surface area contributed by atoms with Crippen molar-refractivity contribution in [3.63, 3.8) is 0 Å². The first-order valence-corrected chi connectivity index (χ1v) is 6.12. The highest BCUT2D eigenvalue weighted by Gasteiger charge is 2.23. The Kier molecular flexibility index (Phi) is 3.78. The van der Waals surface area contributed by atoms with E-state index in [1.165, 1.54) is 25.7 Å². The SMILES string of the molecule is CCN(CC(=O)c1ccco1)C1CCCC1. The lowest BCUT2D eigenvalue weighted by Gasteiger charge is -2.26. The van der Waals surface area contributed by atoms with Crippen LogP contribution in [0.25, 0.3) is 0 Å². The lowest BCUT2D eigenvalue weighted by molar-refractivity contribution is 0.0872. The Morgan fingerprint density at radius 3 is 2.81 bits per heavy atom. The van der Waals surface area contributed by atoms with Gasteiger partial charge in [-0.05, 0) is 31.5 Å². The Morgan fingerprint density at radius 1 is 1.50 bits per heavy atom. The molecule has 3 nitrogen and oxygen atoms in total. The molecule has 3 heteroatoms. The van der Waals surface area contributed by atoms with Gasteiger partial charge in [0.25, 0.3) is 0 Å². The van der Waals surface area contributed by atoms with Crippen LogP contribution < -0.4 is 0 Å². The summed E-state index contributed by atoms with van der Waals surface area (Å²) in [5.41, 5.74) is 0. The predicted molar refractivity (Wildman–Crippen MR) is 62.5 cm³/mol. The Morgan fingerprint density at radius 2 is 2.25 bits per heavy atom. The number of nitrogens with zero attached hydrogens (tertiary/aromatic N) is 1. The fraction of sp³-hybridized carbons (Fsp3) is 0.615. The van der Waals surface area contributed by atoms with E-state index < -0.39 is 0 Å². The second-order valence-corrected chi connectivity index (χ2v) is 4.40. The smallest absolute Gasteiger partial charge is 0.211 e. The van der Waals surface area contributed by atoms with Crippen molar-refractivity contribution in [2.45, 2.75) is 38.6 Å². The monoisotopic (exact) mass is 221 g/mol. The topological polar surface area (TPSA) is 33.5 Å². The van der Waals surface area contributed by atoms with Crippen LogP contribution in [0.15, 0.2) is 22.8 Å². The summed E-state index contributed by atoms with van der Waals surface area (Å²) in [6.45, 7) is 3.56. The van der Waals surface area contributed by atoms with Gasteiger partial charge in [-0.25, -0.2) is 0 Å². The van der Waals surface area contributed by atoms with Crippen molar-refractivity contribution < 1.29 is 9.21 Å². The third-order valence-electron chi connectivity index (χ3n) is 3.39. The van der Waals surface area contributed by atoms with Crippen LogP contribution in [-0.4, -0.2) is 29.8 Å². The number of likely N-dealkylation sites (N-methyl/N-ethyl adjacent to an activating group) is 1. The molecule has 0 N–H and O–H groups in total. The molecule has 1 saturated carbocycles. The first-order chi connectivity index (χ1) is 7.81. The lowest BCUT2D eigenvalue weighted by Crippen LogP contribution is -2.37. The van der Waals surface area contributed by atoms with Gasteiger partial charge in [-0.1, -0.05) is 19.8 Å². The number of carbonyl (C=O) groups is 1. The minimum absolute atomic E-state index is 0.0961. The van der Waals surface area contributed by atoms with Crippen LogP contribution >= 0.6 is 0 Å². The highest BCUT2D eigenvalue weighted by atomic mass is 16.3. The van der Waals surface area contributed by atoms with Gasteiger partial charge in [0.1, 0.15) is 0 Å². The molecule has 0 unspecified atom stereocenters. The van der Waals surface area contributed by atoms with E-state index in [9.17, 15) is 4.79 Å². The summed E-state index contributed by atoms with van der Waals surface area (Å²) in [6, 6.07) is 4.10. The van der Waals surface area contributed by atoms with Gasteiger partial charge in [0.05, 0.1) is 12.8 Å². The molecule has 0 bridgehead atoms. The van der Waals surface area contributed by atoms with Gasteiger partial charge in [0.15, 0.2) is 5.76 Å². The standard InChI is InChI=1S/C13H19NO2/c1-2-14(11-6-3-4-7-11)10-12(15)13-8-5-9-16-13/h5,8-9,11H,2-4,6-7,10H2,1H3. The molecule has 0 radical (unpaired) electrons. The molecule has 1 heterocycles. The minimum Gasteiger partial charge on any atom is -0.461 e. The molecule has 16 heavy (non-hydrogen) atoms. The fourth-order valence-corrected chi connectivity index (χ4v) is 2.47. The lowest BCUT2D eigenvalue weighted by atomic mass is 10.2. The Bertz CT molecular complexity index is 326. The highest BCUT2D eigenvalue weighted by molar-refractivity contribution is 5.95. The molecule has 0 aliphatic heterocycles. The third-order valence-corrected chi connectivity index (χ3v) is 3.39. The largest absolute Gasteiger partial charge is 0.461 e. The van der Waals surface area contributed by atoms with Gasteiger partial charge in [0.2, 0.25) is 5.78 Å². The van der Waals surface area contributed by atoms with Crippen molar-refractivity contribution in [2.24, 2.45) is 0 Å². The molecule has 88 valence electrons. The molecule has 1 aliphatic carbocycles. The molecule has 0 aromatic carbocycles. The molecule has 2 rings (SSSR count). The normalized spacial score (nSPS) is 17.1. The Hall–Kier alpha value is -1.09. The number of ketones is 1. The van der Waals surface area contributed by atoms with Crippen LogP contribution in [0.2, 0.25) is 0 Å². The molecule has 1 aromatic heterocycles. The van der Waals surface area contributed by atoms with Crippen molar-refractivity contribution in [3.8, 4) is 0 Å². The van der Waals surface area contributed by atoms with Crippen molar-refractivity contribution in [1.82, 2.24) is 4.90 Å². The maximum Gasteiger partial charge on any atom is 0.211 e. The zero-order valence-corrected chi connectivity index (χ0v) is 9.82. The predicted octanol–water partition coefficient (Wildman–Crippen LogP) is 2.73. The molecule has 1 fully saturated rings. The maximum absolute atomic E-state index is 11.9. The average molecular weight is 221 g/mol. The summed E-state index contributed by atoms with van der Waals surface area (Å²) < 4.78 is 5.13. The van der Waals surface area contributed by atoms with Crippen molar-refractivity contribution in [1.29, 1.82) is 0 Å². The van der Waals surface area contributed by atoms with Crippen LogP contribution in [0.3, 0.4) is 0 Å². The average Bonchev–Trinajstić information content (AvgIpc) is 2.96. The van der Waals surface area contributed by atoms with Crippen LogP contribution in [0, 0.1) is 0 Å². The summed E-state index contributed by atoms with van der Waals surface area (Å²) in [5.74, 6) is 0.579. The fourth-order valence-electron chi connectivity index (χ4n) is 2.47. The molecule has 1 aromatic rings. The summed E-state index contributed by atoms with van der Waals surface area (Å²) in [5, 5.41) is 0. The summed E-state index contributed by atoms with van der Waals surface area (Å²) in [6.07, 6.45) is 6.63. The van der Waals surface area contributed by atoms with Crippen molar-refractivity contribution >= 4 is 5.78 Å². The summed E-state index contributed by atoms with van der Waals surface area (Å²) >= 11 is 0. The second kappa shape index (κ2) is 5.30. The quantitative estimate of drug-likeness (QED) is 0.717. The molecule has 0 spiro atoms. The Labute approximate surface area is 96.4 Å². The van der Waals surface area contributed by atoms with E-state index in [1.54, 1.807) is 18.4 Å². The molecule has 1 aliphatic rings. The first-order valence-electron chi connectivity index (χ1n) is 6.12. The van der Waals surface area contributed by atoms with Gasteiger partial charge >= 0.3 is 0 Å². The zero-order valence-electron chi connectivity index (χ0n) is 9.82. The molecular weight excluding hydrogens is 202 g/mol. The van der Waals surface area contributed by atoms with Gasteiger partial charge in [-0.2, -0.15) is 0 Å². The first kappa shape index (κ1) is 11.4. The van der Waals surface area contributed by atoms with E-state index in [0.29, 0.717) is 18.3 Å². The van der Waals surface area contributed by atoms with Crippen molar-refractivity contribution in [3.05, 3.63) is 24.2 Å². The van der Waals surface area contributed by atoms with Crippen LogP contribution in [0.5, 0.6) is 0 Å². The highest BCUT2D eigenvalue weighted by Crippen LogP contribution is 2.23. The number of hydrogen-bond acceptors (Lipinski definition) is 3. The molecule has 0 atom stereocenters. The molecule has 0 saturated heterocycles. The van der Waals surface area contributed by atoms with Gasteiger partial charge < -0.3 is 4.42 Å². The maximum atomic E-state index is 11.9. The van der Waals surface area contributed by atoms with E-state index in [4.69, 9.17) is 4.42 Å². The van der Waals surface area contributed by atoms with Crippen LogP contribution in [0.4, 0.5) is 0 Å².